The van der Waals surface area contributed by atoms with Crippen LogP contribution in [-0.2, 0) is 9.59 Å². The van der Waals surface area contributed by atoms with E-state index in [0.29, 0.717) is 12.8 Å². The third kappa shape index (κ3) is 2.22. The summed E-state index contributed by atoms with van der Waals surface area (Å²) in [5.74, 6) is 0. The van der Waals surface area contributed by atoms with Gasteiger partial charge in [0.25, 0.3) is 0 Å². The largest absolute Gasteiger partial charge is 0.354 e. The number of hydrogen-bond donors (Lipinski definition) is 2. The minimum Gasteiger partial charge on any atom is -0.354 e. The smallest absolute Gasteiger partial charge is 0.207 e. The Balaban J connectivity index is 2.41. The van der Waals surface area contributed by atoms with E-state index >= 15 is 0 Å². The van der Waals surface area contributed by atoms with Gasteiger partial charge in [0.05, 0.1) is 0 Å². The summed E-state index contributed by atoms with van der Waals surface area (Å²) < 4.78 is 0. The standard InChI is InChI=1S/C8H14N2O2/c11-5-9-7-3-1-2-4-8(7)10-6-12/h5-8H,1-4H2,(H,9,11)(H,10,12)/t7-,8-/m1/s1. The van der Waals surface area contributed by atoms with E-state index < -0.39 is 0 Å². The average Bonchev–Trinajstić information content (AvgIpc) is 2.09. The molecule has 0 radical (unpaired) electrons. The van der Waals surface area contributed by atoms with Gasteiger partial charge in [-0.25, -0.2) is 0 Å². The highest BCUT2D eigenvalue weighted by molar-refractivity contribution is 5.49. The maximum absolute atomic E-state index is 10.2. The summed E-state index contributed by atoms with van der Waals surface area (Å²) in [5.41, 5.74) is 0. The van der Waals surface area contributed by atoms with Crippen LogP contribution in [0, 0.1) is 0 Å². The molecule has 0 spiro atoms. The second-order valence-corrected chi connectivity index (χ2v) is 3.07. The zero-order valence-electron chi connectivity index (χ0n) is 6.95. The summed E-state index contributed by atoms with van der Waals surface area (Å²) in [6, 6.07) is 0.253. The van der Waals surface area contributed by atoms with Gasteiger partial charge in [0.2, 0.25) is 12.8 Å². The zero-order valence-corrected chi connectivity index (χ0v) is 6.95. The molecule has 2 atom stereocenters. The second kappa shape index (κ2) is 4.74. The van der Waals surface area contributed by atoms with Crippen molar-refractivity contribution in [1.82, 2.24) is 10.6 Å². The molecule has 0 aromatic rings. The molecular weight excluding hydrogens is 156 g/mol. The molecule has 0 aliphatic heterocycles. The van der Waals surface area contributed by atoms with E-state index in [4.69, 9.17) is 0 Å². The summed E-state index contributed by atoms with van der Waals surface area (Å²) in [5, 5.41) is 5.43. The highest BCUT2D eigenvalue weighted by Gasteiger charge is 2.23. The van der Waals surface area contributed by atoms with Gasteiger partial charge in [0, 0.05) is 12.1 Å². The fourth-order valence-corrected chi connectivity index (χ4v) is 1.70. The van der Waals surface area contributed by atoms with Gasteiger partial charge in [-0.3, -0.25) is 9.59 Å². The lowest BCUT2D eigenvalue weighted by atomic mass is 9.90. The first kappa shape index (κ1) is 9.03. The molecule has 4 nitrogen and oxygen atoms in total. The summed E-state index contributed by atoms with van der Waals surface area (Å²) in [6.45, 7) is 0. The van der Waals surface area contributed by atoms with Crippen molar-refractivity contribution < 1.29 is 9.59 Å². The molecular formula is C8H14N2O2. The minimum absolute atomic E-state index is 0.126. The molecule has 1 aliphatic rings. The van der Waals surface area contributed by atoms with Crippen LogP contribution in [0.4, 0.5) is 0 Å². The molecule has 0 saturated heterocycles. The molecule has 1 saturated carbocycles. The lowest BCUT2D eigenvalue weighted by molar-refractivity contribution is -0.113. The van der Waals surface area contributed by atoms with Crippen molar-refractivity contribution in [1.29, 1.82) is 0 Å². The Morgan fingerprint density at radius 1 is 0.917 bits per heavy atom. The number of rotatable bonds is 4. The van der Waals surface area contributed by atoms with Crippen molar-refractivity contribution in [2.24, 2.45) is 0 Å². The molecule has 0 unspecified atom stereocenters. The summed E-state index contributed by atoms with van der Waals surface area (Å²) in [7, 11) is 0. The van der Waals surface area contributed by atoms with E-state index in [2.05, 4.69) is 10.6 Å². The molecule has 2 N–H and O–H groups in total. The van der Waals surface area contributed by atoms with Gasteiger partial charge in [-0.05, 0) is 12.8 Å². The topological polar surface area (TPSA) is 58.2 Å². The Kier molecular flexibility index (Phi) is 3.57. The van der Waals surface area contributed by atoms with Gasteiger partial charge in [0.1, 0.15) is 0 Å². The summed E-state index contributed by atoms with van der Waals surface area (Å²) >= 11 is 0. The monoisotopic (exact) mass is 170 g/mol. The maximum atomic E-state index is 10.2. The van der Waals surface area contributed by atoms with Gasteiger partial charge in [-0.1, -0.05) is 12.8 Å². The number of carbonyl (C=O) groups is 2. The van der Waals surface area contributed by atoms with E-state index in [0.717, 1.165) is 25.7 Å². The molecule has 1 fully saturated rings. The average molecular weight is 170 g/mol. The van der Waals surface area contributed by atoms with Crippen LogP contribution in [0.25, 0.3) is 0 Å². The van der Waals surface area contributed by atoms with Gasteiger partial charge in [-0.15, -0.1) is 0 Å². The Bertz CT molecular complexity index is 143. The Morgan fingerprint density at radius 2 is 1.33 bits per heavy atom. The number of amides is 2. The number of nitrogens with one attached hydrogen (secondary N) is 2. The fourth-order valence-electron chi connectivity index (χ4n) is 1.70. The van der Waals surface area contributed by atoms with Crippen LogP contribution in [0.1, 0.15) is 25.7 Å². The Hall–Kier alpha value is -1.06. The first-order valence-electron chi connectivity index (χ1n) is 4.28. The first-order chi connectivity index (χ1) is 5.88. The fraction of sp³-hybridized carbons (Fsp3) is 0.750. The SMILES string of the molecule is O=CN[C@@H]1CCCC[C@H]1NC=O. The van der Waals surface area contributed by atoms with Gasteiger partial charge in [0.15, 0.2) is 0 Å². The van der Waals surface area contributed by atoms with E-state index in [1.807, 2.05) is 0 Å². The lowest BCUT2D eigenvalue weighted by Gasteiger charge is -2.30. The minimum atomic E-state index is 0.126. The van der Waals surface area contributed by atoms with E-state index in [-0.39, 0.29) is 12.1 Å². The van der Waals surface area contributed by atoms with Crippen molar-refractivity contribution in [3.8, 4) is 0 Å². The quantitative estimate of drug-likeness (QED) is 0.573. The Labute approximate surface area is 71.7 Å². The molecule has 0 aromatic heterocycles. The number of hydrogen-bond acceptors (Lipinski definition) is 2. The normalized spacial score (nSPS) is 29.0. The maximum Gasteiger partial charge on any atom is 0.207 e. The Morgan fingerprint density at radius 3 is 1.67 bits per heavy atom. The first-order valence-corrected chi connectivity index (χ1v) is 4.28. The molecule has 4 heteroatoms. The van der Waals surface area contributed by atoms with Crippen LogP contribution >= 0.6 is 0 Å². The van der Waals surface area contributed by atoms with Gasteiger partial charge >= 0.3 is 0 Å². The molecule has 0 heterocycles. The van der Waals surface area contributed by atoms with Crippen LogP contribution in [0.3, 0.4) is 0 Å². The molecule has 2 amide bonds. The molecule has 0 aromatic carbocycles. The molecule has 1 aliphatic carbocycles. The predicted octanol–water partition coefficient (Wildman–Crippen LogP) is -0.210. The van der Waals surface area contributed by atoms with Crippen LogP contribution in [0.5, 0.6) is 0 Å². The third-order valence-electron chi connectivity index (χ3n) is 2.33. The second-order valence-electron chi connectivity index (χ2n) is 3.07. The number of carbonyl (C=O) groups excluding carboxylic acids is 2. The van der Waals surface area contributed by atoms with Gasteiger partial charge < -0.3 is 10.6 Å². The molecule has 0 bridgehead atoms. The highest BCUT2D eigenvalue weighted by Crippen LogP contribution is 2.17. The zero-order chi connectivity index (χ0) is 8.81. The molecule has 68 valence electrons. The van der Waals surface area contributed by atoms with E-state index in [1.165, 1.54) is 0 Å². The van der Waals surface area contributed by atoms with Crippen molar-refractivity contribution in [2.75, 3.05) is 0 Å². The van der Waals surface area contributed by atoms with Crippen LogP contribution in [0.15, 0.2) is 0 Å². The highest BCUT2D eigenvalue weighted by atomic mass is 16.1. The third-order valence-corrected chi connectivity index (χ3v) is 2.33. The van der Waals surface area contributed by atoms with E-state index in [1.54, 1.807) is 0 Å². The summed E-state index contributed by atoms with van der Waals surface area (Å²) in [4.78, 5) is 20.4. The lowest BCUT2D eigenvalue weighted by Crippen LogP contribution is -2.48. The summed E-state index contributed by atoms with van der Waals surface area (Å²) in [6.07, 6.45) is 5.59. The van der Waals surface area contributed by atoms with Gasteiger partial charge in [-0.2, -0.15) is 0 Å². The van der Waals surface area contributed by atoms with Crippen LogP contribution < -0.4 is 10.6 Å². The van der Waals surface area contributed by atoms with Crippen molar-refractivity contribution >= 4 is 12.8 Å². The molecule has 1 rings (SSSR count). The van der Waals surface area contributed by atoms with E-state index in [9.17, 15) is 9.59 Å². The molecule has 12 heavy (non-hydrogen) atoms. The van der Waals surface area contributed by atoms with Crippen molar-refractivity contribution in [3.63, 3.8) is 0 Å². The van der Waals surface area contributed by atoms with Crippen LogP contribution in [0.2, 0.25) is 0 Å². The van der Waals surface area contributed by atoms with Crippen molar-refractivity contribution in [2.45, 2.75) is 37.8 Å². The predicted molar refractivity (Wildman–Crippen MR) is 44.4 cm³/mol. The van der Waals surface area contributed by atoms with Crippen LogP contribution in [-0.4, -0.2) is 24.9 Å². The van der Waals surface area contributed by atoms with Crippen molar-refractivity contribution in [3.05, 3.63) is 0 Å².